The minimum Gasteiger partial charge on any atom is -0.494 e. The van der Waals surface area contributed by atoms with Crippen LogP contribution in [0.2, 0.25) is 0 Å². The molecule has 0 aliphatic carbocycles. The number of carbonyl (C=O) groups is 1. The molecule has 0 bridgehead atoms. The number of rotatable bonds is 5. The van der Waals surface area contributed by atoms with Crippen molar-refractivity contribution in [1.29, 1.82) is 0 Å². The van der Waals surface area contributed by atoms with Crippen LogP contribution in [0.5, 0.6) is 5.75 Å². The Labute approximate surface area is 147 Å². The third-order valence-corrected chi connectivity index (χ3v) is 5.42. The third kappa shape index (κ3) is 3.61. The normalized spacial score (nSPS) is 13.8. The van der Waals surface area contributed by atoms with Crippen LogP contribution in [0, 0.1) is 6.92 Å². The summed E-state index contributed by atoms with van der Waals surface area (Å²) in [5.74, 6) is 0.478. The van der Waals surface area contributed by atoms with E-state index in [1.807, 2.05) is 6.92 Å². The SMILES string of the molecule is CCOc1ccc(S(=O)(=O)Nc2ccc3c(c2)C(=O)NCC3)cc1C. The Kier molecular flexibility index (Phi) is 4.67. The zero-order valence-electron chi connectivity index (χ0n) is 14.1. The van der Waals surface area contributed by atoms with Gasteiger partial charge in [-0.3, -0.25) is 9.52 Å². The number of hydrogen-bond donors (Lipinski definition) is 2. The first-order valence-corrected chi connectivity index (χ1v) is 9.56. The fourth-order valence-electron chi connectivity index (χ4n) is 2.80. The van der Waals surface area contributed by atoms with Gasteiger partial charge < -0.3 is 10.1 Å². The summed E-state index contributed by atoms with van der Waals surface area (Å²) in [6.07, 6.45) is 0.742. The minimum atomic E-state index is -3.75. The second-order valence-electron chi connectivity index (χ2n) is 5.84. The Morgan fingerprint density at radius 1 is 1.20 bits per heavy atom. The van der Waals surface area contributed by atoms with E-state index in [4.69, 9.17) is 4.74 Å². The van der Waals surface area contributed by atoms with Crippen molar-refractivity contribution < 1.29 is 17.9 Å². The van der Waals surface area contributed by atoms with Crippen molar-refractivity contribution >= 4 is 21.6 Å². The standard InChI is InChI=1S/C18H20N2O4S/c1-3-24-17-7-6-15(10-12(17)2)25(22,23)20-14-5-4-13-8-9-19-18(21)16(13)11-14/h4-7,10-11,20H,3,8-9H2,1-2H3,(H,19,21). The highest BCUT2D eigenvalue weighted by Gasteiger charge is 2.20. The van der Waals surface area contributed by atoms with Crippen LogP contribution < -0.4 is 14.8 Å². The molecule has 1 aliphatic heterocycles. The molecule has 7 heteroatoms. The highest BCUT2D eigenvalue weighted by atomic mass is 32.2. The second-order valence-corrected chi connectivity index (χ2v) is 7.53. The zero-order chi connectivity index (χ0) is 18.0. The van der Waals surface area contributed by atoms with Gasteiger partial charge in [0.15, 0.2) is 0 Å². The molecule has 6 nitrogen and oxygen atoms in total. The lowest BCUT2D eigenvalue weighted by atomic mass is 10.00. The van der Waals surface area contributed by atoms with Crippen LogP contribution in [0.3, 0.4) is 0 Å². The topological polar surface area (TPSA) is 84.5 Å². The molecule has 0 spiro atoms. The van der Waals surface area contributed by atoms with Crippen molar-refractivity contribution in [3.8, 4) is 5.75 Å². The van der Waals surface area contributed by atoms with Gasteiger partial charge in [0.05, 0.1) is 11.5 Å². The van der Waals surface area contributed by atoms with E-state index in [0.29, 0.717) is 30.2 Å². The van der Waals surface area contributed by atoms with Crippen molar-refractivity contribution in [2.75, 3.05) is 17.9 Å². The average Bonchev–Trinajstić information content (AvgIpc) is 2.57. The maximum absolute atomic E-state index is 12.6. The second kappa shape index (κ2) is 6.76. The molecule has 25 heavy (non-hydrogen) atoms. The van der Waals surface area contributed by atoms with Gasteiger partial charge in [-0.25, -0.2) is 8.42 Å². The smallest absolute Gasteiger partial charge is 0.261 e. The summed E-state index contributed by atoms with van der Waals surface area (Å²) >= 11 is 0. The summed E-state index contributed by atoms with van der Waals surface area (Å²) in [6, 6.07) is 9.76. The number of nitrogens with one attached hydrogen (secondary N) is 2. The van der Waals surface area contributed by atoms with E-state index in [-0.39, 0.29) is 10.8 Å². The first-order chi connectivity index (χ1) is 11.9. The lowest BCUT2D eigenvalue weighted by Crippen LogP contribution is -2.31. The molecule has 0 aromatic heterocycles. The molecule has 0 fully saturated rings. The van der Waals surface area contributed by atoms with Crippen LogP contribution in [0.1, 0.15) is 28.4 Å². The van der Waals surface area contributed by atoms with E-state index >= 15 is 0 Å². The Morgan fingerprint density at radius 2 is 2.00 bits per heavy atom. The molecule has 0 saturated carbocycles. The number of aryl methyl sites for hydroxylation is 1. The van der Waals surface area contributed by atoms with Gasteiger partial charge >= 0.3 is 0 Å². The van der Waals surface area contributed by atoms with Crippen molar-refractivity contribution in [3.05, 3.63) is 53.1 Å². The van der Waals surface area contributed by atoms with Gasteiger partial charge in [0.25, 0.3) is 15.9 Å². The lowest BCUT2D eigenvalue weighted by molar-refractivity contribution is 0.0946. The first-order valence-electron chi connectivity index (χ1n) is 8.08. The van der Waals surface area contributed by atoms with Crippen LogP contribution >= 0.6 is 0 Å². The fourth-order valence-corrected chi connectivity index (χ4v) is 3.93. The lowest BCUT2D eigenvalue weighted by Gasteiger charge is -2.18. The largest absolute Gasteiger partial charge is 0.494 e. The molecular formula is C18H20N2O4S. The van der Waals surface area contributed by atoms with Gasteiger partial charge in [-0.2, -0.15) is 0 Å². The number of hydrogen-bond acceptors (Lipinski definition) is 4. The van der Waals surface area contributed by atoms with Crippen LogP contribution in [0.25, 0.3) is 0 Å². The van der Waals surface area contributed by atoms with Gasteiger partial charge in [-0.15, -0.1) is 0 Å². The average molecular weight is 360 g/mol. The predicted octanol–water partition coefficient (Wildman–Crippen LogP) is 2.48. The van der Waals surface area contributed by atoms with Crippen LogP contribution in [0.4, 0.5) is 5.69 Å². The summed E-state index contributed by atoms with van der Waals surface area (Å²) in [6.45, 7) is 4.79. The Hall–Kier alpha value is -2.54. The van der Waals surface area contributed by atoms with E-state index in [0.717, 1.165) is 17.5 Å². The predicted molar refractivity (Wildman–Crippen MR) is 95.6 cm³/mol. The number of carbonyl (C=O) groups excluding carboxylic acids is 1. The van der Waals surface area contributed by atoms with Crippen molar-refractivity contribution in [2.24, 2.45) is 0 Å². The first kappa shape index (κ1) is 17.3. The molecule has 0 atom stereocenters. The third-order valence-electron chi connectivity index (χ3n) is 4.04. The number of ether oxygens (including phenoxy) is 1. The number of anilines is 1. The Bertz CT molecular complexity index is 923. The number of benzene rings is 2. The number of amides is 1. The molecule has 1 heterocycles. The van der Waals surface area contributed by atoms with Gasteiger partial charge in [0, 0.05) is 17.8 Å². The van der Waals surface area contributed by atoms with Gasteiger partial charge in [-0.05, 0) is 61.7 Å². The number of sulfonamides is 1. The molecule has 1 aliphatic rings. The quantitative estimate of drug-likeness (QED) is 0.858. The Balaban J connectivity index is 1.88. The van der Waals surface area contributed by atoms with Crippen LogP contribution in [-0.4, -0.2) is 27.5 Å². The van der Waals surface area contributed by atoms with Gasteiger partial charge in [0.2, 0.25) is 0 Å². The number of fused-ring (bicyclic) bond motifs is 1. The highest BCUT2D eigenvalue weighted by Crippen LogP contribution is 2.25. The van der Waals surface area contributed by atoms with Crippen molar-refractivity contribution in [1.82, 2.24) is 5.32 Å². The van der Waals surface area contributed by atoms with E-state index in [2.05, 4.69) is 10.0 Å². The molecule has 0 radical (unpaired) electrons. The van der Waals surface area contributed by atoms with Gasteiger partial charge in [0.1, 0.15) is 5.75 Å². The van der Waals surface area contributed by atoms with Crippen LogP contribution in [0.15, 0.2) is 41.3 Å². The molecule has 2 aromatic carbocycles. The minimum absolute atomic E-state index is 0.149. The molecular weight excluding hydrogens is 340 g/mol. The molecule has 2 N–H and O–H groups in total. The highest BCUT2D eigenvalue weighted by molar-refractivity contribution is 7.92. The van der Waals surface area contributed by atoms with Gasteiger partial charge in [-0.1, -0.05) is 6.07 Å². The maximum Gasteiger partial charge on any atom is 0.261 e. The summed E-state index contributed by atoms with van der Waals surface area (Å²) in [5.41, 5.74) is 2.54. The fraction of sp³-hybridized carbons (Fsp3) is 0.278. The van der Waals surface area contributed by atoms with Crippen LogP contribution in [-0.2, 0) is 16.4 Å². The van der Waals surface area contributed by atoms with E-state index in [9.17, 15) is 13.2 Å². The Morgan fingerprint density at radius 3 is 2.72 bits per heavy atom. The molecule has 3 rings (SSSR count). The summed E-state index contributed by atoms with van der Waals surface area (Å²) in [5, 5.41) is 2.76. The molecule has 132 valence electrons. The summed E-state index contributed by atoms with van der Waals surface area (Å²) in [4.78, 5) is 12.1. The molecule has 2 aromatic rings. The van der Waals surface area contributed by atoms with E-state index in [1.54, 1.807) is 37.3 Å². The molecule has 0 saturated heterocycles. The van der Waals surface area contributed by atoms with Crippen molar-refractivity contribution in [2.45, 2.75) is 25.2 Å². The summed E-state index contributed by atoms with van der Waals surface area (Å²) in [7, 11) is -3.75. The summed E-state index contributed by atoms with van der Waals surface area (Å²) < 4.78 is 33.2. The zero-order valence-corrected chi connectivity index (χ0v) is 14.9. The molecule has 1 amide bonds. The molecule has 0 unspecified atom stereocenters. The van der Waals surface area contributed by atoms with Crippen molar-refractivity contribution in [3.63, 3.8) is 0 Å². The maximum atomic E-state index is 12.6. The van der Waals surface area contributed by atoms with E-state index < -0.39 is 10.0 Å². The monoisotopic (exact) mass is 360 g/mol. The van der Waals surface area contributed by atoms with E-state index in [1.165, 1.54) is 6.07 Å².